The molecule has 0 atom stereocenters. The van der Waals surface area contributed by atoms with Crippen LogP contribution in [0.2, 0.25) is 0 Å². The molecule has 2 aromatic rings. The van der Waals surface area contributed by atoms with E-state index in [1.807, 2.05) is 12.1 Å². The Balaban J connectivity index is 2.35. The van der Waals surface area contributed by atoms with E-state index < -0.39 is 5.97 Å². The van der Waals surface area contributed by atoms with Crippen LogP contribution >= 0.6 is 11.3 Å². The van der Waals surface area contributed by atoms with Gasteiger partial charge in [0.05, 0.1) is 17.2 Å². The molecule has 0 bridgehead atoms. The Bertz CT molecular complexity index is 644. The SMILES string of the molecule is CCc1ccc(-c2nc(COC)c(/C=C/C(=O)O)s2)cc1. The van der Waals surface area contributed by atoms with Crippen molar-refractivity contribution in [1.82, 2.24) is 4.98 Å². The van der Waals surface area contributed by atoms with Gasteiger partial charge in [0.1, 0.15) is 5.01 Å². The minimum Gasteiger partial charge on any atom is -0.478 e. The minimum atomic E-state index is -0.972. The average Bonchev–Trinajstić information content (AvgIpc) is 2.89. The third-order valence-electron chi connectivity index (χ3n) is 3.00. The first-order valence-corrected chi connectivity index (χ1v) is 7.44. The van der Waals surface area contributed by atoms with Gasteiger partial charge >= 0.3 is 5.97 Å². The number of benzene rings is 1. The highest BCUT2D eigenvalue weighted by Gasteiger charge is 2.11. The van der Waals surface area contributed by atoms with Crippen LogP contribution in [-0.2, 0) is 22.6 Å². The Kier molecular flexibility index (Phi) is 5.25. The highest BCUT2D eigenvalue weighted by atomic mass is 32.1. The van der Waals surface area contributed by atoms with Crippen LogP contribution in [0.25, 0.3) is 16.6 Å². The molecule has 0 radical (unpaired) electrons. The summed E-state index contributed by atoms with van der Waals surface area (Å²) in [7, 11) is 1.60. The fourth-order valence-electron chi connectivity index (χ4n) is 1.89. The van der Waals surface area contributed by atoms with E-state index in [1.165, 1.54) is 16.9 Å². The fourth-order valence-corrected chi connectivity index (χ4v) is 2.86. The number of methoxy groups -OCH3 is 1. The zero-order valence-corrected chi connectivity index (χ0v) is 12.8. The molecule has 0 unspecified atom stereocenters. The second-order valence-corrected chi connectivity index (χ2v) is 5.52. The molecule has 0 aliphatic carbocycles. The molecule has 0 fully saturated rings. The summed E-state index contributed by atoms with van der Waals surface area (Å²) in [6.45, 7) is 2.48. The van der Waals surface area contributed by atoms with E-state index >= 15 is 0 Å². The Hall–Kier alpha value is -1.98. The van der Waals surface area contributed by atoms with Crippen LogP contribution in [0.1, 0.15) is 23.1 Å². The van der Waals surface area contributed by atoms with Crippen molar-refractivity contribution in [3.05, 3.63) is 46.5 Å². The van der Waals surface area contributed by atoms with E-state index in [2.05, 4.69) is 24.0 Å². The zero-order valence-electron chi connectivity index (χ0n) is 12.0. The predicted molar refractivity (Wildman–Crippen MR) is 84.3 cm³/mol. The van der Waals surface area contributed by atoms with Crippen LogP contribution < -0.4 is 0 Å². The van der Waals surface area contributed by atoms with Gasteiger partial charge in [0.2, 0.25) is 0 Å². The monoisotopic (exact) mass is 303 g/mol. The predicted octanol–water partition coefficient (Wildman–Crippen LogP) is 3.62. The van der Waals surface area contributed by atoms with E-state index in [1.54, 1.807) is 13.2 Å². The molecule has 110 valence electrons. The summed E-state index contributed by atoms with van der Waals surface area (Å²) in [6, 6.07) is 8.25. The van der Waals surface area contributed by atoms with Crippen LogP contribution in [0, 0.1) is 0 Å². The number of carbonyl (C=O) groups is 1. The lowest BCUT2D eigenvalue weighted by atomic mass is 10.1. The fraction of sp³-hybridized carbons (Fsp3) is 0.250. The number of rotatable bonds is 6. The normalized spacial score (nSPS) is 11.1. The zero-order chi connectivity index (χ0) is 15.2. The maximum absolute atomic E-state index is 10.7. The smallest absolute Gasteiger partial charge is 0.328 e. The molecule has 0 amide bonds. The molecule has 1 aromatic heterocycles. The summed E-state index contributed by atoms with van der Waals surface area (Å²) in [5, 5.41) is 9.61. The van der Waals surface area contributed by atoms with E-state index in [9.17, 15) is 4.79 Å². The van der Waals surface area contributed by atoms with Gasteiger partial charge in [-0.1, -0.05) is 31.2 Å². The molecule has 0 saturated carbocycles. The number of hydrogen-bond acceptors (Lipinski definition) is 4. The van der Waals surface area contributed by atoms with Gasteiger partial charge in [-0.15, -0.1) is 11.3 Å². The molecule has 0 aliphatic rings. The number of aryl methyl sites for hydroxylation is 1. The summed E-state index contributed by atoms with van der Waals surface area (Å²) in [5.74, 6) is -0.972. The van der Waals surface area contributed by atoms with Crippen molar-refractivity contribution in [3.63, 3.8) is 0 Å². The van der Waals surface area contributed by atoms with Crippen LogP contribution in [0.15, 0.2) is 30.3 Å². The number of ether oxygens (including phenoxy) is 1. The second kappa shape index (κ2) is 7.15. The van der Waals surface area contributed by atoms with E-state index in [0.29, 0.717) is 6.61 Å². The van der Waals surface area contributed by atoms with Gasteiger partial charge in [0.15, 0.2) is 0 Å². The maximum atomic E-state index is 10.7. The average molecular weight is 303 g/mol. The van der Waals surface area contributed by atoms with Gasteiger partial charge in [-0.25, -0.2) is 9.78 Å². The number of carboxylic acid groups (broad SMARTS) is 1. The largest absolute Gasteiger partial charge is 0.478 e. The molecule has 4 nitrogen and oxygen atoms in total. The molecule has 5 heteroatoms. The Morgan fingerprint density at radius 1 is 1.38 bits per heavy atom. The first kappa shape index (κ1) is 15.4. The van der Waals surface area contributed by atoms with Crippen molar-refractivity contribution < 1.29 is 14.6 Å². The topological polar surface area (TPSA) is 59.4 Å². The van der Waals surface area contributed by atoms with Crippen molar-refractivity contribution in [2.75, 3.05) is 7.11 Å². The highest BCUT2D eigenvalue weighted by Crippen LogP contribution is 2.29. The lowest BCUT2D eigenvalue weighted by Gasteiger charge is -1.98. The molecule has 21 heavy (non-hydrogen) atoms. The van der Waals surface area contributed by atoms with Gasteiger partial charge < -0.3 is 9.84 Å². The summed E-state index contributed by atoms with van der Waals surface area (Å²) < 4.78 is 5.12. The van der Waals surface area contributed by atoms with Gasteiger partial charge in [-0.3, -0.25) is 0 Å². The van der Waals surface area contributed by atoms with Crippen LogP contribution in [0.5, 0.6) is 0 Å². The van der Waals surface area contributed by atoms with Gasteiger partial charge in [0, 0.05) is 18.7 Å². The molecule has 1 aromatic carbocycles. The number of carboxylic acids is 1. The van der Waals surface area contributed by atoms with Crippen molar-refractivity contribution in [1.29, 1.82) is 0 Å². The summed E-state index contributed by atoms with van der Waals surface area (Å²) in [4.78, 5) is 16.0. The number of aromatic nitrogens is 1. The number of thiazole rings is 1. The lowest BCUT2D eigenvalue weighted by Crippen LogP contribution is -1.91. The lowest BCUT2D eigenvalue weighted by molar-refractivity contribution is -0.131. The van der Waals surface area contributed by atoms with Crippen molar-refractivity contribution in [2.45, 2.75) is 20.0 Å². The quantitative estimate of drug-likeness (QED) is 0.828. The summed E-state index contributed by atoms with van der Waals surface area (Å²) in [6.07, 6.45) is 3.69. The molecular weight excluding hydrogens is 286 g/mol. The number of hydrogen-bond donors (Lipinski definition) is 1. The molecule has 2 rings (SSSR count). The van der Waals surface area contributed by atoms with Crippen molar-refractivity contribution >= 4 is 23.4 Å². The first-order valence-electron chi connectivity index (χ1n) is 6.63. The van der Waals surface area contributed by atoms with Crippen molar-refractivity contribution in [3.8, 4) is 10.6 Å². The number of aliphatic carboxylic acids is 1. The van der Waals surface area contributed by atoms with Gasteiger partial charge in [0.25, 0.3) is 0 Å². The molecule has 1 N–H and O–H groups in total. The third-order valence-corrected chi connectivity index (χ3v) is 4.11. The number of nitrogens with zero attached hydrogens (tertiary/aromatic N) is 1. The molecule has 0 aliphatic heterocycles. The first-order chi connectivity index (χ1) is 10.1. The van der Waals surface area contributed by atoms with Crippen LogP contribution in [0.4, 0.5) is 0 Å². The standard InChI is InChI=1S/C16H17NO3S/c1-3-11-4-6-12(7-5-11)16-17-13(10-20-2)14(21-16)8-9-15(18)19/h4-9H,3,10H2,1-2H3,(H,18,19)/b9-8+. The Morgan fingerprint density at radius 3 is 2.67 bits per heavy atom. The Labute approximate surface area is 127 Å². The second-order valence-electron chi connectivity index (χ2n) is 4.49. The van der Waals surface area contributed by atoms with E-state index in [4.69, 9.17) is 9.84 Å². The van der Waals surface area contributed by atoms with Crippen LogP contribution in [0.3, 0.4) is 0 Å². The minimum absolute atomic E-state index is 0.364. The summed E-state index contributed by atoms with van der Waals surface area (Å²) >= 11 is 1.47. The summed E-state index contributed by atoms with van der Waals surface area (Å²) in [5.41, 5.74) is 3.07. The third kappa shape index (κ3) is 4.00. The molecule has 1 heterocycles. The molecular formula is C16H17NO3S. The van der Waals surface area contributed by atoms with Gasteiger partial charge in [-0.05, 0) is 18.1 Å². The molecule has 0 spiro atoms. The van der Waals surface area contributed by atoms with Crippen LogP contribution in [-0.4, -0.2) is 23.2 Å². The highest BCUT2D eigenvalue weighted by molar-refractivity contribution is 7.16. The van der Waals surface area contributed by atoms with E-state index in [-0.39, 0.29) is 0 Å². The Morgan fingerprint density at radius 2 is 2.10 bits per heavy atom. The molecule has 0 saturated heterocycles. The van der Waals surface area contributed by atoms with Gasteiger partial charge in [-0.2, -0.15) is 0 Å². The van der Waals surface area contributed by atoms with Crippen molar-refractivity contribution in [2.24, 2.45) is 0 Å². The maximum Gasteiger partial charge on any atom is 0.328 e. The van der Waals surface area contributed by atoms with E-state index in [0.717, 1.165) is 33.6 Å².